The number of piperidine rings is 1. The molecule has 1 fully saturated rings. The smallest absolute Gasteiger partial charge is 0.253 e. The predicted octanol–water partition coefficient (Wildman–Crippen LogP) is 5.17. The van der Waals surface area contributed by atoms with E-state index in [1.54, 1.807) is 30.6 Å². The Morgan fingerprint density at radius 3 is 2.59 bits per heavy atom. The molecule has 5 nitrogen and oxygen atoms in total. The molecule has 1 aromatic carbocycles. The summed E-state index contributed by atoms with van der Waals surface area (Å²) < 4.78 is 0. The number of benzene rings is 1. The fourth-order valence-corrected chi connectivity index (χ4v) is 4.32. The topological polar surface area (TPSA) is 59.0 Å². The number of amides is 1. The molecule has 3 aromatic rings. The van der Waals surface area contributed by atoms with E-state index in [1.807, 2.05) is 30.2 Å². The Balaban J connectivity index is 1.64. The summed E-state index contributed by atoms with van der Waals surface area (Å²) in [5.41, 5.74) is 3.50. The molecule has 0 bridgehead atoms. The number of hydrogen-bond acceptors (Lipinski definition) is 4. The van der Waals surface area contributed by atoms with E-state index in [9.17, 15) is 4.79 Å². The molecule has 1 aliphatic rings. The van der Waals surface area contributed by atoms with Crippen LogP contribution in [-0.2, 0) is 0 Å². The van der Waals surface area contributed by atoms with E-state index in [0.717, 1.165) is 35.5 Å². The zero-order valence-electron chi connectivity index (χ0n) is 16.0. The third-order valence-corrected chi connectivity index (χ3v) is 5.57. The number of aromatic nitrogens is 3. The minimum atomic E-state index is -0.0599. The van der Waals surface area contributed by atoms with Crippen molar-refractivity contribution < 1.29 is 4.79 Å². The van der Waals surface area contributed by atoms with Crippen molar-refractivity contribution >= 4 is 29.1 Å². The Kier molecular flexibility index (Phi) is 5.79. The first kappa shape index (κ1) is 19.8. The van der Waals surface area contributed by atoms with Crippen molar-refractivity contribution in [1.82, 2.24) is 19.9 Å². The molecule has 2 aromatic heterocycles. The van der Waals surface area contributed by atoms with Gasteiger partial charge in [-0.05, 0) is 55.7 Å². The minimum Gasteiger partial charge on any atom is -0.338 e. The van der Waals surface area contributed by atoms with Crippen LogP contribution < -0.4 is 0 Å². The van der Waals surface area contributed by atoms with Gasteiger partial charge in [0.25, 0.3) is 5.91 Å². The van der Waals surface area contributed by atoms with Crippen molar-refractivity contribution in [3.05, 3.63) is 76.0 Å². The van der Waals surface area contributed by atoms with E-state index in [0.29, 0.717) is 28.7 Å². The van der Waals surface area contributed by atoms with Crippen molar-refractivity contribution in [2.24, 2.45) is 0 Å². The summed E-state index contributed by atoms with van der Waals surface area (Å²) in [5, 5.41) is 0.918. The van der Waals surface area contributed by atoms with Crippen molar-refractivity contribution in [3.63, 3.8) is 0 Å². The molecule has 4 rings (SSSR count). The van der Waals surface area contributed by atoms with Gasteiger partial charge < -0.3 is 4.90 Å². The molecule has 1 atom stereocenters. The Labute approximate surface area is 179 Å². The van der Waals surface area contributed by atoms with Gasteiger partial charge in [0.05, 0.1) is 5.69 Å². The van der Waals surface area contributed by atoms with Crippen LogP contribution in [0.2, 0.25) is 10.0 Å². The molecule has 0 N–H and O–H groups in total. The van der Waals surface area contributed by atoms with Gasteiger partial charge in [-0.15, -0.1) is 0 Å². The number of carbonyl (C=O) groups excluding carboxylic acids is 1. The lowest BCUT2D eigenvalue weighted by Crippen LogP contribution is -2.39. The van der Waals surface area contributed by atoms with Gasteiger partial charge in [-0.25, -0.2) is 9.97 Å². The first-order chi connectivity index (χ1) is 14.0. The van der Waals surface area contributed by atoms with Gasteiger partial charge in [0, 0.05) is 58.8 Å². The summed E-state index contributed by atoms with van der Waals surface area (Å²) in [6.07, 6.45) is 7.26. The van der Waals surface area contributed by atoms with E-state index < -0.39 is 0 Å². The van der Waals surface area contributed by atoms with Gasteiger partial charge in [0.2, 0.25) is 0 Å². The molecule has 1 aliphatic heterocycles. The monoisotopic (exact) mass is 426 g/mol. The van der Waals surface area contributed by atoms with Crippen LogP contribution in [0.5, 0.6) is 0 Å². The van der Waals surface area contributed by atoms with Crippen LogP contribution in [0.1, 0.15) is 40.6 Å². The van der Waals surface area contributed by atoms with Gasteiger partial charge in [-0.2, -0.15) is 0 Å². The first-order valence-corrected chi connectivity index (χ1v) is 10.3. The molecule has 0 saturated carbocycles. The Morgan fingerprint density at radius 2 is 1.86 bits per heavy atom. The molecule has 148 valence electrons. The number of carbonyl (C=O) groups is 1. The average Bonchev–Trinajstić information content (AvgIpc) is 2.73. The number of halogens is 2. The van der Waals surface area contributed by atoms with Crippen molar-refractivity contribution in [3.8, 4) is 11.1 Å². The highest BCUT2D eigenvalue weighted by molar-refractivity contribution is 6.35. The predicted molar refractivity (Wildman–Crippen MR) is 114 cm³/mol. The van der Waals surface area contributed by atoms with Crippen LogP contribution in [0.4, 0.5) is 0 Å². The van der Waals surface area contributed by atoms with Gasteiger partial charge in [0.1, 0.15) is 5.82 Å². The lowest BCUT2D eigenvalue weighted by atomic mass is 9.89. The normalized spacial score (nSPS) is 16.7. The van der Waals surface area contributed by atoms with Crippen molar-refractivity contribution in [1.29, 1.82) is 0 Å². The van der Waals surface area contributed by atoms with Crippen LogP contribution in [0, 0.1) is 6.92 Å². The molecule has 0 aliphatic carbocycles. The summed E-state index contributed by atoms with van der Waals surface area (Å²) in [6, 6.07) is 8.87. The molecule has 0 spiro atoms. The number of rotatable bonds is 3. The number of likely N-dealkylation sites (tertiary alicyclic amines) is 1. The maximum absolute atomic E-state index is 13.1. The molecule has 0 radical (unpaired) electrons. The summed E-state index contributed by atoms with van der Waals surface area (Å²) in [7, 11) is 0. The first-order valence-electron chi connectivity index (χ1n) is 9.50. The quantitative estimate of drug-likeness (QED) is 0.579. The Morgan fingerprint density at radius 1 is 1.14 bits per heavy atom. The van der Waals surface area contributed by atoms with Gasteiger partial charge in [-0.1, -0.05) is 23.2 Å². The molecule has 29 heavy (non-hydrogen) atoms. The lowest BCUT2D eigenvalue weighted by Gasteiger charge is -2.33. The zero-order valence-corrected chi connectivity index (χ0v) is 17.5. The fraction of sp³-hybridized carbons (Fsp3) is 0.273. The highest BCUT2D eigenvalue weighted by Crippen LogP contribution is 2.33. The molecule has 3 heterocycles. The molecular weight excluding hydrogens is 407 g/mol. The van der Waals surface area contributed by atoms with Crippen molar-refractivity contribution in [2.45, 2.75) is 25.7 Å². The van der Waals surface area contributed by atoms with Gasteiger partial charge >= 0.3 is 0 Å². The molecule has 7 heteroatoms. The summed E-state index contributed by atoms with van der Waals surface area (Å²) in [4.78, 5) is 28.2. The SMILES string of the molecule is Cc1ncc(-c2ccncc2)c([C@@H]2CCCN(C(=O)c3cc(Cl)cc(Cl)c3)C2)n1. The van der Waals surface area contributed by atoms with E-state index in [-0.39, 0.29) is 11.8 Å². The summed E-state index contributed by atoms with van der Waals surface area (Å²) in [6.45, 7) is 3.19. The van der Waals surface area contributed by atoms with Crippen LogP contribution in [0.3, 0.4) is 0 Å². The zero-order chi connectivity index (χ0) is 20.4. The van der Waals surface area contributed by atoms with Gasteiger partial charge in [-0.3, -0.25) is 9.78 Å². The maximum atomic E-state index is 13.1. The summed E-state index contributed by atoms with van der Waals surface area (Å²) in [5.74, 6) is 0.797. The lowest BCUT2D eigenvalue weighted by molar-refractivity contribution is 0.0706. The van der Waals surface area contributed by atoms with Gasteiger partial charge in [0.15, 0.2) is 0 Å². The van der Waals surface area contributed by atoms with Crippen LogP contribution >= 0.6 is 23.2 Å². The third kappa shape index (κ3) is 4.41. The Bertz CT molecular complexity index is 1020. The largest absolute Gasteiger partial charge is 0.338 e. The number of pyridine rings is 1. The van der Waals surface area contributed by atoms with E-state index >= 15 is 0 Å². The standard InChI is InChI=1S/C22H20Cl2N4O/c1-14-26-12-20(15-4-6-25-7-5-15)21(27-14)16-3-2-8-28(13-16)22(29)17-9-18(23)11-19(24)10-17/h4-7,9-12,16H,2-3,8,13H2,1H3/t16-/m1/s1. The maximum Gasteiger partial charge on any atom is 0.253 e. The van der Waals surface area contributed by atoms with Crippen LogP contribution in [0.25, 0.3) is 11.1 Å². The number of nitrogens with zero attached hydrogens (tertiary/aromatic N) is 4. The molecule has 1 saturated heterocycles. The van der Waals surface area contributed by atoms with Crippen LogP contribution in [0.15, 0.2) is 48.9 Å². The highest BCUT2D eigenvalue weighted by atomic mass is 35.5. The second-order valence-corrected chi connectivity index (χ2v) is 8.07. The third-order valence-electron chi connectivity index (χ3n) is 5.13. The average molecular weight is 427 g/mol. The molecule has 1 amide bonds. The van der Waals surface area contributed by atoms with E-state index in [2.05, 4.69) is 9.97 Å². The van der Waals surface area contributed by atoms with E-state index in [1.165, 1.54) is 0 Å². The number of hydrogen-bond donors (Lipinski definition) is 0. The summed E-state index contributed by atoms with van der Waals surface area (Å²) >= 11 is 12.2. The van der Waals surface area contributed by atoms with E-state index in [4.69, 9.17) is 28.2 Å². The van der Waals surface area contributed by atoms with Crippen molar-refractivity contribution in [2.75, 3.05) is 13.1 Å². The second kappa shape index (κ2) is 8.47. The molecule has 0 unspecified atom stereocenters. The van der Waals surface area contributed by atoms with Crippen LogP contribution in [-0.4, -0.2) is 38.8 Å². The Hall–Kier alpha value is -2.50. The fourth-order valence-electron chi connectivity index (χ4n) is 3.80. The second-order valence-electron chi connectivity index (χ2n) is 7.20. The minimum absolute atomic E-state index is 0.0599. The molecular formula is C22H20Cl2N4O. The number of aryl methyl sites for hydroxylation is 1. The highest BCUT2D eigenvalue weighted by Gasteiger charge is 2.28.